The van der Waals surface area contributed by atoms with E-state index in [1.807, 2.05) is 0 Å². The molecule has 2 rings (SSSR count). The van der Waals surface area contributed by atoms with Gasteiger partial charge in [-0.15, -0.1) is 0 Å². The molecule has 17 heavy (non-hydrogen) atoms. The third-order valence-corrected chi connectivity index (χ3v) is 2.41. The molecule has 1 aromatic heterocycles. The zero-order valence-electron chi connectivity index (χ0n) is 9.04. The second-order valence-electron chi connectivity index (χ2n) is 3.46. The topological polar surface area (TPSA) is 63.8 Å². The number of hydrogen-bond donors (Lipinski definition) is 2. The fraction of sp³-hybridized carbons (Fsp3) is 0.0909. The van der Waals surface area contributed by atoms with Crippen molar-refractivity contribution < 1.29 is 4.39 Å². The zero-order valence-corrected chi connectivity index (χ0v) is 9.79. The molecule has 0 saturated heterocycles. The normalized spacial score (nSPS) is 10.3. The molecule has 3 N–H and O–H groups in total. The smallest absolute Gasteiger partial charge is 0.158 e. The summed E-state index contributed by atoms with van der Waals surface area (Å²) in [6.07, 6.45) is 0. The number of aromatic nitrogens is 2. The van der Waals surface area contributed by atoms with E-state index >= 15 is 0 Å². The van der Waals surface area contributed by atoms with Gasteiger partial charge in [0.05, 0.1) is 0 Å². The molecule has 6 heteroatoms. The van der Waals surface area contributed by atoms with Crippen LogP contribution >= 0.6 is 11.6 Å². The molecular formula is C11H10ClFN4. The van der Waals surface area contributed by atoms with Crippen LogP contribution in [-0.4, -0.2) is 9.97 Å². The largest absolute Gasteiger partial charge is 0.393 e. The SMILES string of the molecule is Cc1nc(Cl)c(N)c(Nc2ccc(F)cc2)n1. The Morgan fingerprint density at radius 1 is 1.24 bits per heavy atom. The van der Waals surface area contributed by atoms with Crippen LogP contribution in [0, 0.1) is 12.7 Å². The number of benzene rings is 1. The van der Waals surface area contributed by atoms with Crippen molar-refractivity contribution in [3.8, 4) is 0 Å². The van der Waals surface area contributed by atoms with E-state index in [1.54, 1.807) is 19.1 Å². The predicted molar refractivity (Wildman–Crippen MR) is 65.9 cm³/mol. The Bertz CT molecular complexity index is 542. The minimum absolute atomic E-state index is 0.196. The number of nitrogens with one attached hydrogen (secondary N) is 1. The zero-order chi connectivity index (χ0) is 12.4. The maximum absolute atomic E-state index is 12.7. The van der Waals surface area contributed by atoms with Crippen molar-refractivity contribution in [3.05, 3.63) is 41.1 Å². The first kappa shape index (κ1) is 11.6. The molecule has 1 heterocycles. The average molecular weight is 253 g/mol. The number of nitrogens with two attached hydrogens (primary N) is 1. The highest BCUT2D eigenvalue weighted by atomic mass is 35.5. The highest BCUT2D eigenvalue weighted by Crippen LogP contribution is 2.26. The van der Waals surface area contributed by atoms with Crippen LogP contribution in [0.25, 0.3) is 0 Å². The molecule has 0 fully saturated rings. The van der Waals surface area contributed by atoms with Crippen molar-refractivity contribution in [1.82, 2.24) is 9.97 Å². The number of halogens is 2. The summed E-state index contributed by atoms with van der Waals surface area (Å²) in [5.41, 5.74) is 6.67. The summed E-state index contributed by atoms with van der Waals surface area (Å²) in [4.78, 5) is 8.04. The van der Waals surface area contributed by atoms with Crippen LogP contribution in [-0.2, 0) is 0 Å². The van der Waals surface area contributed by atoms with Crippen LogP contribution in [0.4, 0.5) is 21.6 Å². The molecular weight excluding hydrogens is 243 g/mol. The van der Waals surface area contributed by atoms with Crippen molar-refractivity contribution in [2.75, 3.05) is 11.1 Å². The Morgan fingerprint density at radius 3 is 2.53 bits per heavy atom. The van der Waals surface area contributed by atoms with Crippen LogP contribution in [0.5, 0.6) is 0 Å². The standard InChI is InChI=1S/C11H10ClFN4/c1-6-15-10(12)9(14)11(16-6)17-8-4-2-7(13)3-5-8/h2-5H,14H2,1H3,(H,15,16,17). The van der Waals surface area contributed by atoms with Crippen LogP contribution in [0.3, 0.4) is 0 Å². The molecule has 0 aliphatic heterocycles. The van der Waals surface area contributed by atoms with Crippen molar-refractivity contribution in [1.29, 1.82) is 0 Å². The minimum Gasteiger partial charge on any atom is -0.393 e. The number of anilines is 3. The Labute approximate surface area is 103 Å². The summed E-state index contributed by atoms with van der Waals surface area (Å²) in [5.74, 6) is 0.614. The molecule has 88 valence electrons. The Kier molecular flexibility index (Phi) is 3.10. The van der Waals surface area contributed by atoms with Crippen LogP contribution in [0.2, 0.25) is 5.15 Å². The highest BCUT2D eigenvalue weighted by molar-refractivity contribution is 6.32. The summed E-state index contributed by atoms with van der Waals surface area (Å²) in [5, 5.41) is 3.15. The van der Waals surface area contributed by atoms with Gasteiger partial charge in [-0.05, 0) is 31.2 Å². The van der Waals surface area contributed by atoms with Gasteiger partial charge in [0.25, 0.3) is 0 Å². The second kappa shape index (κ2) is 4.55. The number of nitrogen functional groups attached to an aromatic ring is 1. The van der Waals surface area contributed by atoms with Gasteiger partial charge in [-0.2, -0.15) is 0 Å². The van der Waals surface area contributed by atoms with E-state index in [0.29, 0.717) is 17.3 Å². The van der Waals surface area contributed by atoms with Crippen molar-refractivity contribution in [3.63, 3.8) is 0 Å². The van der Waals surface area contributed by atoms with Crippen LogP contribution in [0.15, 0.2) is 24.3 Å². The van der Waals surface area contributed by atoms with Gasteiger partial charge in [-0.25, -0.2) is 14.4 Å². The summed E-state index contributed by atoms with van der Waals surface area (Å²) in [6.45, 7) is 1.71. The van der Waals surface area contributed by atoms with Gasteiger partial charge in [0.1, 0.15) is 17.3 Å². The quantitative estimate of drug-likeness (QED) is 0.807. The first-order valence-electron chi connectivity index (χ1n) is 4.88. The van der Waals surface area contributed by atoms with Gasteiger partial charge in [0.15, 0.2) is 11.0 Å². The molecule has 2 aromatic rings. The Morgan fingerprint density at radius 2 is 1.88 bits per heavy atom. The Hall–Kier alpha value is -1.88. The molecule has 1 aromatic carbocycles. The van der Waals surface area contributed by atoms with Gasteiger partial charge in [0.2, 0.25) is 0 Å². The van der Waals surface area contributed by atoms with Gasteiger partial charge >= 0.3 is 0 Å². The van der Waals surface area contributed by atoms with E-state index in [2.05, 4.69) is 15.3 Å². The van der Waals surface area contributed by atoms with Crippen LogP contribution < -0.4 is 11.1 Å². The molecule has 4 nitrogen and oxygen atoms in total. The minimum atomic E-state index is -0.305. The maximum atomic E-state index is 12.7. The van der Waals surface area contributed by atoms with E-state index in [0.717, 1.165) is 0 Å². The number of rotatable bonds is 2. The lowest BCUT2D eigenvalue weighted by Crippen LogP contribution is -2.03. The van der Waals surface area contributed by atoms with E-state index in [9.17, 15) is 4.39 Å². The molecule has 0 bridgehead atoms. The molecule has 0 spiro atoms. The third-order valence-electron chi connectivity index (χ3n) is 2.12. The van der Waals surface area contributed by atoms with Crippen molar-refractivity contribution >= 4 is 28.8 Å². The number of hydrogen-bond acceptors (Lipinski definition) is 4. The molecule has 0 radical (unpaired) electrons. The van der Waals surface area contributed by atoms with Gasteiger partial charge < -0.3 is 11.1 Å². The molecule has 0 atom stereocenters. The summed E-state index contributed by atoms with van der Waals surface area (Å²) >= 11 is 5.83. The summed E-state index contributed by atoms with van der Waals surface area (Å²) in [6, 6.07) is 5.85. The fourth-order valence-corrected chi connectivity index (χ4v) is 1.52. The van der Waals surface area contributed by atoms with E-state index < -0.39 is 0 Å². The number of nitrogens with zero attached hydrogens (tertiary/aromatic N) is 2. The molecule has 0 aliphatic rings. The summed E-state index contributed by atoms with van der Waals surface area (Å²) < 4.78 is 12.7. The Balaban J connectivity index is 2.32. The first-order chi connectivity index (χ1) is 8.06. The number of aryl methyl sites for hydroxylation is 1. The lowest BCUT2D eigenvalue weighted by molar-refractivity contribution is 0.628. The molecule has 0 aliphatic carbocycles. The van der Waals surface area contributed by atoms with E-state index in [-0.39, 0.29) is 16.7 Å². The van der Waals surface area contributed by atoms with E-state index in [4.69, 9.17) is 17.3 Å². The summed E-state index contributed by atoms with van der Waals surface area (Å²) in [7, 11) is 0. The average Bonchev–Trinajstić information content (AvgIpc) is 2.28. The lowest BCUT2D eigenvalue weighted by atomic mass is 10.3. The second-order valence-corrected chi connectivity index (χ2v) is 3.81. The van der Waals surface area contributed by atoms with Crippen molar-refractivity contribution in [2.45, 2.75) is 6.92 Å². The van der Waals surface area contributed by atoms with Crippen molar-refractivity contribution in [2.24, 2.45) is 0 Å². The fourth-order valence-electron chi connectivity index (χ4n) is 1.31. The molecule has 0 saturated carbocycles. The van der Waals surface area contributed by atoms with Gasteiger partial charge in [-0.1, -0.05) is 11.6 Å². The van der Waals surface area contributed by atoms with Gasteiger partial charge in [0, 0.05) is 5.69 Å². The highest BCUT2D eigenvalue weighted by Gasteiger charge is 2.08. The van der Waals surface area contributed by atoms with Gasteiger partial charge in [-0.3, -0.25) is 0 Å². The molecule has 0 amide bonds. The van der Waals surface area contributed by atoms with E-state index in [1.165, 1.54) is 12.1 Å². The monoisotopic (exact) mass is 252 g/mol. The third kappa shape index (κ3) is 2.62. The predicted octanol–water partition coefficient (Wildman–Crippen LogP) is 2.90. The molecule has 0 unspecified atom stereocenters. The lowest BCUT2D eigenvalue weighted by Gasteiger charge is -2.09. The maximum Gasteiger partial charge on any atom is 0.158 e. The van der Waals surface area contributed by atoms with Crippen LogP contribution in [0.1, 0.15) is 5.82 Å². The first-order valence-corrected chi connectivity index (χ1v) is 5.26.